The van der Waals surface area contributed by atoms with Crippen LogP contribution in [0.25, 0.3) is 6.08 Å². The second-order valence-corrected chi connectivity index (χ2v) is 8.73. The number of aromatic nitrogens is 1. The van der Waals surface area contributed by atoms with Crippen LogP contribution in [-0.4, -0.2) is 10.5 Å². The van der Waals surface area contributed by atoms with E-state index in [-0.39, 0.29) is 11.5 Å². The zero-order valence-electron chi connectivity index (χ0n) is 17.9. The second-order valence-electron chi connectivity index (χ2n) is 7.72. The molecule has 0 saturated heterocycles. The smallest absolute Gasteiger partial charge is 0.271 e. The number of amides is 1. The van der Waals surface area contributed by atoms with Gasteiger partial charge >= 0.3 is 0 Å². The molecule has 6 heteroatoms. The van der Waals surface area contributed by atoms with Crippen molar-refractivity contribution < 1.29 is 4.79 Å². The van der Waals surface area contributed by atoms with Crippen molar-refractivity contribution in [2.45, 2.75) is 13.0 Å². The fourth-order valence-electron chi connectivity index (χ4n) is 3.98. The highest BCUT2D eigenvalue weighted by Crippen LogP contribution is 2.30. The number of nitrogens with zero attached hydrogens (tertiary/aromatic N) is 2. The van der Waals surface area contributed by atoms with E-state index in [4.69, 9.17) is 0 Å². The summed E-state index contributed by atoms with van der Waals surface area (Å²) in [6.07, 6.45) is 1.87. The largest absolute Gasteiger partial charge is 0.322 e. The third-order valence-corrected chi connectivity index (χ3v) is 6.49. The van der Waals surface area contributed by atoms with E-state index < -0.39 is 6.04 Å². The van der Waals surface area contributed by atoms with E-state index in [0.29, 0.717) is 26.3 Å². The van der Waals surface area contributed by atoms with Gasteiger partial charge in [0.1, 0.15) is 0 Å². The first-order chi connectivity index (χ1) is 16.1. The lowest BCUT2D eigenvalue weighted by Gasteiger charge is -2.25. The molecule has 0 bridgehead atoms. The van der Waals surface area contributed by atoms with Gasteiger partial charge in [-0.25, -0.2) is 4.99 Å². The fourth-order valence-corrected chi connectivity index (χ4v) is 5.03. The van der Waals surface area contributed by atoms with Crippen molar-refractivity contribution in [2.24, 2.45) is 4.99 Å². The molecular formula is C27H21N3O2S. The Labute approximate surface area is 194 Å². The number of anilines is 1. The van der Waals surface area contributed by atoms with Crippen molar-refractivity contribution in [3.05, 3.63) is 133 Å². The maximum absolute atomic E-state index is 13.6. The molecule has 1 N–H and O–H groups in total. The van der Waals surface area contributed by atoms with Crippen LogP contribution in [0.15, 0.2) is 112 Å². The predicted octanol–water partition coefficient (Wildman–Crippen LogP) is 3.87. The highest BCUT2D eigenvalue weighted by Gasteiger charge is 2.32. The van der Waals surface area contributed by atoms with Crippen LogP contribution in [0, 0.1) is 0 Å². The average molecular weight is 452 g/mol. The number of hydrogen-bond acceptors (Lipinski definition) is 4. The molecule has 1 aliphatic heterocycles. The van der Waals surface area contributed by atoms with Crippen LogP contribution in [0.2, 0.25) is 0 Å². The Bertz CT molecular complexity index is 1520. The highest BCUT2D eigenvalue weighted by molar-refractivity contribution is 7.07. The molecule has 0 unspecified atom stereocenters. The van der Waals surface area contributed by atoms with Gasteiger partial charge in [-0.15, -0.1) is 0 Å². The van der Waals surface area contributed by atoms with Crippen molar-refractivity contribution >= 4 is 29.0 Å². The lowest BCUT2D eigenvalue weighted by molar-refractivity contribution is -0.113. The minimum absolute atomic E-state index is 0.158. The van der Waals surface area contributed by atoms with Gasteiger partial charge in [-0.05, 0) is 36.3 Å². The van der Waals surface area contributed by atoms with Gasteiger partial charge in [0.25, 0.3) is 11.5 Å². The Morgan fingerprint density at radius 2 is 1.55 bits per heavy atom. The Morgan fingerprint density at radius 3 is 2.21 bits per heavy atom. The van der Waals surface area contributed by atoms with Crippen molar-refractivity contribution in [3.8, 4) is 0 Å². The standard InChI is InChI=1S/C27H21N3O2S/c1-18-23(25(31)29-21-15-9-4-10-16-21)24(20-13-7-3-8-14-20)30-26(32)22(33-27(30)28-18)17-19-11-5-2-6-12-19/h2-17,24H,1H3,(H,29,31)/b22-17+/t24-/m0/s1. The molecule has 0 saturated carbocycles. The number of carbonyl (C=O) groups is 1. The summed E-state index contributed by atoms with van der Waals surface area (Å²) in [6.45, 7) is 1.82. The summed E-state index contributed by atoms with van der Waals surface area (Å²) in [4.78, 5) is 32.3. The topological polar surface area (TPSA) is 63.5 Å². The summed E-state index contributed by atoms with van der Waals surface area (Å²) < 4.78 is 2.22. The van der Waals surface area contributed by atoms with Gasteiger partial charge in [-0.2, -0.15) is 0 Å². The molecule has 2 heterocycles. The van der Waals surface area contributed by atoms with Crippen molar-refractivity contribution in [2.75, 3.05) is 5.32 Å². The van der Waals surface area contributed by atoms with Gasteiger partial charge in [0.15, 0.2) is 4.80 Å². The third kappa shape index (κ3) is 4.08. The van der Waals surface area contributed by atoms with Crippen LogP contribution in [-0.2, 0) is 4.79 Å². The maximum atomic E-state index is 13.6. The number of rotatable bonds is 4. The monoisotopic (exact) mass is 451 g/mol. The number of allylic oxidation sites excluding steroid dienone is 1. The zero-order chi connectivity index (χ0) is 22.8. The number of fused-ring (bicyclic) bond motifs is 1. The Morgan fingerprint density at radius 1 is 0.939 bits per heavy atom. The van der Waals surface area contributed by atoms with Crippen LogP contribution in [0.3, 0.4) is 0 Å². The van der Waals surface area contributed by atoms with E-state index in [1.807, 2.05) is 104 Å². The van der Waals surface area contributed by atoms with Crippen LogP contribution in [0.1, 0.15) is 24.1 Å². The van der Waals surface area contributed by atoms with Crippen molar-refractivity contribution in [1.29, 1.82) is 0 Å². The second kappa shape index (κ2) is 8.84. The summed E-state index contributed by atoms with van der Waals surface area (Å²) in [5.74, 6) is -0.270. The zero-order valence-corrected chi connectivity index (χ0v) is 18.8. The summed E-state index contributed by atoms with van der Waals surface area (Å²) in [6, 6.07) is 28.1. The summed E-state index contributed by atoms with van der Waals surface area (Å²) in [7, 11) is 0. The van der Waals surface area contributed by atoms with Gasteiger partial charge < -0.3 is 5.32 Å². The fraction of sp³-hybridized carbons (Fsp3) is 0.0741. The average Bonchev–Trinajstić information content (AvgIpc) is 3.14. The van der Waals surface area contributed by atoms with E-state index in [0.717, 1.165) is 11.1 Å². The Balaban J connectivity index is 1.67. The number of hydrogen-bond donors (Lipinski definition) is 1. The SMILES string of the molecule is CC1=C(C(=O)Nc2ccccc2)[C@H](c2ccccc2)n2c(s/c(=C/c3ccccc3)c2=O)=N1. The number of benzene rings is 3. The summed E-state index contributed by atoms with van der Waals surface area (Å²) in [5.41, 5.74) is 3.40. The first kappa shape index (κ1) is 20.8. The highest BCUT2D eigenvalue weighted by atomic mass is 32.1. The molecule has 4 aromatic rings. The van der Waals surface area contributed by atoms with Crippen LogP contribution in [0.4, 0.5) is 5.69 Å². The number of nitrogens with one attached hydrogen (secondary N) is 1. The van der Waals surface area contributed by atoms with Crippen LogP contribution in [0.5, 0.6) is 0 Å². The van der Waals surface area contributed by atoms with Crippen LogP contribution < -0.4 is 20.2 Å². The molecule has 0 radical (unpaired) electrons. The summed E-state index contributed by atoms with van der Waals surface area (Å²) >= 11 is 1.34. The van der Waals surface area contributed by atoms with Gasteiger partial charge in [0.2, 0.25) is 0 Å². The van der Waals surface area contributed by atoms with E-state index in [1.165, 1.54) is 11.3 Å². The lowest BCUT2D eigenvalue weighted by atomic mass is 9.95. The van der Waals surface area contributed by atoms with Crippen molar-refractivity contribution in [1.82, 2.24) is 4.57 Å². The molecular weight excluding hydrogens is 430 g/mol. The van der Waals surface area contributed by atoms with E-state index >= 15 is 0 Å². The minimum atomic E-state index is -0.566. The van der Waals surface area contributed by atoms with Gasteiger partial charge in [-0.1, -0.05) is 90.2 Å². The normalized spacial score (nSPS) is 15.7. The van der Waals surface area contributed by atoms with Gasteiger partial charge in [-0.3, -0.25) is 14.2 Å². The van der Waals surface area contributed by atoms with E-state index in [2.05, 4.69) is 10.3 Å². The van der Waals surface area contributed by atoms with Crippen LogP contribution >= 0.6 is 11.3 Å². The maximum Gasteiger partial charge on any atom is 0.271 e. The summed E-state index contributed by atoms with van der Waals surface area (Å²) in [5, 5.41) is 2.96. The Kier molecular flexibility index (Phi) is 5.59. The molecule has 5 nitrogen and oxygen atoms in total. The molecule has 1 atom stereocenters. The lowest BCUT2D eigenvalue weighted by Crippen LogP contribution is -2.40. The molecule has 3 aromatic carbocycles. The molecule has 1 aliphatic rings. The quantitative estimate of drug-likeness (QED) is 0.512. The van der Waals surface area contributed by atoms with Gasteiger partial charge in [0.05, 0.1) is 21.8 Å². The predicted molar refractivity (Wildman–Crippen MR) is 132 cm³/mol. The van der Waals surface area contributed by atoms with E-state index in [9.17, 15) is 9.59 Å². The molecule has 1 aromatic heterocycles. The first-order valence-corrected chi connectivity index (χ1v) is 11.4. The van der Waals surface area contributed by atoms with E-state index in [1.54, 1.807) is 4.57 Å². The number of thiazole rings is 1. The number of carbonyl (C=O) groups excluding carboxylic acids is 1. The molecule has 0 fully saturated rings. The molecule has 0 aliphatic carbocycles. The van der Waals surface area contributed by atoms with Crippen molar-refractivity contribution in [3.63, 3.8) is 0 Å². The Hall–Kier alpha value is -4.03. The minimum Gasteiger partial charge on any atom is -0.322 e. The molecule has 162 valence electrons. The molecule has 5 rings (SSSR count). The number of para-hydroxylation sites is 1. The molecule has 33 heavy (non-hydrogen) atoms. The van der Waals surface area contributed by atoms with Gasteiger partial charge in [0, 0.05) is 5.69 Å². The molecule has 1 amide bonds. The molecule has 0 spiro atoms. The third-order valence-electron chi connectivity index (χ3n) is 5.51. The first-order valence-electron chi connectivity index (χ1n) is 10.6.